The van der Waals surface area contributed by atoms with Crippen LogP contribution >= 0.6 is 0 Å². The Labute approximate surface area is 134 Å². The summed E-state index contributed by atoms with van der Waals surface area (Å²) in [6.07, 6.45) is 1.95. The molecule has 3 aromatic rings. The van der Waals surface area contributed by atoms with E-state index < -0.39 is 0 Å². The van der Waals surface area contributed by atoms with Gasteiger partial charge in [-0.15, -0.1) is 0 Å². The zero-order valence-corrected chi connectivity index (χ0v) is 13.0. The predicted octanol–water partition coefficient (Wildman–Crippen LogP) is 4.71. The Morgan fingerprint density at radius 2 is 1.74 bits per heavy atom. The second-order valence-corrected chi connectivity index (χ2v) is 5.62. The first-order chi connectivity index (χ1) is 11.1. The van der Waals surface area contributed by atoms with Crippen LogP contribution < -0.4 is 0 Å². The van der Waals surface area contributed by atoms with Crippen molar-refractivity contribution in [2.45, 2.75) is 19.9 Å². The van der Waals surface area contributed by atoms with Gasteiger partial charge in [0.15, 0.2) is 0 Å². The summed E-state index contributed by atoms with van der Waals surface area (Å²) in [4.78, 5) is 15.3. The average Bonchev–Trinajstić information content (AvgIpc) is 3.01. The van der Waals surface area contributed by atoms with Crippen LogP contribution in [-0.4, -0.2) is 14.5 Å². The van der Waals surface area contributed by atoms with Crippen molar-refractivity contribution in [3.8, 4) is 22.6 Å². The maximum absolute atomic E-state index is 11.0. The van der Waals surface area contributed by atoms with Crippen LogP contribution in [0.3, 0.4) is 0 Å². The molecule has 0 atom stereocenters. The molecule has 0 fully saturated rings. The molecule has 0 aliphatic rings. The van der Waals surface area contributed by atoms with Crippen molar-refractivity contribution in [2.24, 2.45) is 0 Å². The first-order valence-electron chi connectivity index (χ1n) is 7.45. The van der Waals surface area contributed by atoms with E-state index in [1.54, 1.807) is 12.1 Å². The molecule has 5 nitrogen and oxygen atoms in total. The van der Waals surface area contributed by atoms with E-state index in [-0.39, 0.29) is 16.7 Å². The average molecular weight is 307 g/mol. The van der Waals surface area contributed by atoms with E-state index in [0.717, 1.165) is 22.6 Å². The summed E-state index contributed by atoms with van der Waals surface area (Å²) in [5.74, 6) is 0.863. The topological polar surface area (TPSA) is 61.0 Å². The third-order valence-corrected chi connectivity index (χ3v) is 3.67. The summed E-state index contributed by atoms with van der Waals surface area (Å²) in [5, 5.41) is 11.0. The molecule has 0 spiro atoms. The number of hydrogen-bond acceptors (Lipinski definition) is 3. The van der Waals surface area contributed by atoms with Gasteiger partial charge in [-0.2, -0.15) is 0 Å². The van der Waals surface area contributed by atoms with Crippen molar-refractivity contribution in [2.75, 3.05) is 0 Å². The number of nitrogens with zero attached hydrogens (tertiary/aromatic N) is 3. The van der Waals surface area contributed by atoms with Gasteiger partial charge < -0.3 is 4.57 Å². The molecule has 0 N–H and O–H groups in total. The Morgan fingerprint density at radius 3 is 2.39 bits per heavy atom. The van der Waals surface area contributed by atoms with Crippen LogP contribution in [0.1, 0.15) is 19.9 Å². The lowest BCUT2D eigenvalue weighted by Gasteiger charge is -2.10. The highest BCUT2D eigenvalue weighted by atomic mass is 16.6. The fourth-order valence-corrected chi connectivity index (χ4v) is 2.51. The number of non-ortho nitro benzene ring substituents is 1. The van der Waals surface area contributed by atoms with Crippen LogP contribution in [0.4, 0.5) is 5.69 Å². The third-order valence-electron chi connectivity index (χ3n) is 3.67. The largest absolute Gasteiger partial charge is 0.328 e. The highest BCUT2D eigenvalue weighted by Gasteiger charge is 2.15. The third kappa shape index (κ3) is 2.99. The maximum Gasteiger partial charge on any atom is 0.270 e. The molecule has 0 amide bonds. The molecule has 5 heteroatoms. The monoisotopic (exact) mass is 307 g/mol. The van der Waals surface area contributed by atoms with Gasteiger partial charge in [0.1, 0.15) is 5.82 Å². The smallest absolute Gasteiger partial charge is 0.270 e. The molecule has 3 rings (SSSR count). The second-order valence-electron chi connectivity index (χ2n) is 5.62. The highest BCUT2D eigenvalue weighted by Crippen LogP contribution is 2.29. The van der Waals surface area contributed by atoms with Gasteiger partial charge in [-0.05, 0) is 13.8 Å². The number of imidazole rings is 1. The standard InChI is InChI=1S/C18H17N3O2/c1-13(2)20-12-17(15-9-6-10-16(11-15)21(22)23)19-18(20)14-7-4-3-5-8-14/h3-13H,1-2H3. The van der Waals surface area contributed by atoms with E-state index in [1.807, 2.05) is 42.6 Å². The first-order valence-corrected chi connectivity index (χ1v) is 7.45. The number of nitro groups is 1. The zero-order valence-electron chi connectivity index (χ0n) is 13.0. The Bertz CT molecular complexity index is 838. The van der Waals surface area contributed by atoms with Crippen LogP contribution in [0.15, 0.2) is 60.8 Å². The van der Waals surface area contributed by atoms with E-state index in [4.69, 9.17) is 4.98 Å². The SMILES string of the molecule is CC(C)n1cc(-c2cccc([N+](=O)[O-])c2)nc1-c1ccccc1. The number of nitro benzene ring substituents is 1. The molecule has 116 valence electrons. The van der Waals surface area contributed by atoms with Crippen molar-refractivity contribution in [3.05, 3.63) is 70.9 Å². The molecule has 0 unspecified atom stereocenters. The Morgan fingerprint density at radius 1 is 1.04 bits per heavy atom. The number of benzene rings is 2. The van der Waals surface area contributed by atoms with Crippen LogP contribution in [0.25, 0.3) is 22.6 Å². The summed E-state index contributed by atoms with van der Waals surface area (Å²) in [6.45, 7) is 4.18. The lowest BCUT2D eigenvalue weighted by molar-refractivity contribution is -0.384. The minimum absolute atomic E-state index is 0.0721. The Kier molecular flexibility index (Phi) is 3.93. The second kappa shape index (κ2) is 6.04. The van der Waals surface area contributed by atoms with Gasteiger partial charge in [-0.3, -0.25) is 10.1 Å². The van der Waals surface area contributed by atoms with Crippen LogP contribution in [0.5, 0.6) is 0 Å². The number of hydrogen-bond donors (Lipinski definition) is 0. The maximum atomic E-state index is 11.0. The van der Waals surface area contributed by atoms with Crippen molar-refractivity contribution >= 4 is 5.69 Å². The summed E-state index contributed by atoms with van der Waals surface area (Å²) >= 11 is 0. The van der Waals surface area contributed by atoms with E-state index in [9.17, 15) is 10.1 Å². The normalized spacial score (nSPS) is 10.9. The van der Waals surface area contributed by atoms with E-state index in [1.165, 1.54) is 6.07 Å². The van der Waals surface area contributed by atoms with Gasteiger partial charge >= 0.3 is 0 Å². The highest BCUT2D eigenvalue weighted by molar-refractivity contribution is 5.67. The van der Waals surface area contributed by atoms with Gasteiger partial charge in [0, 0.05) is 35.5 Å². The fraction of sp³-hybridized carbons (Fsp3) is 0.167. The molecular formula is C18H17N3O2. The number of rotatable bonds is 4. The lowest BCUT2D eigenvalue weighted by atomic mass is 10.1. The lowest BCUT2D eigenvalue weighted by Crippen LogP contribution is -2.01. The summed E-state index contributed by atoms with van der Waals surface area (Å²) in [6, 6.07) is 16.8. The number of aromatic nitrogens is 2. The molecule has 0 bridgehead atoms. The zero-order chi connectivity index (χ0) is 16.4. The van der Waals surface area contributed by atoms with Gasteiger partial charge in [-0.25, -0.2) is 4.98 Å². The minimum atomic E-state index is -0.388. The van der Waals surface area contributed by atoms with Gasteiger partial charge in [0.25, 0.3) is 5.69 Å². The van der Waals surface area contributed by atoms with Crippen molar-refractivity contribution in [1.82, 2.24) is 9.55 Å². The Hall–Kier alpha value is -2.95. The summed E-state index contributed by atoms with van der Waals surface area (Å²) in [5.41, 5.74) is 2.58. The molecule has 0 aliphatic carbocycles. The first kappa shape index (κ1) is 15.0. The molecule has 0 aliphatic heterocycles. The van der Waals surface area contributed by atoms with Crippen LogP contribution in [0.2, 0.25) is 0 Å². The molecule has 0 saturated heterocycles. The minimum Gasteiger partial charge on any atom is -0.328 e. The molecule has 23 heavy (non-hydrogen) atoms. The van der Waals surface area contributed by atoms with Crippen molar-refractivity contribution < 1.29 is 4.92 Å². The molecule has 0 radical (unpaired) electrons. The van der Waals surface area contributed by atoms with E-state index in [2.05, 4.69) is 18.4 Å². The fourth-order valence-electron chi connectivity index (χ4n) is 2.51. The molecular weight excluding hydrogens is 290 g/mol. The quantitative estimate of drug-likeness (QED) is 0.518. The predicted molar refractivity (Wildman–Crippen MR) is 90.1 cm³/mol. The summed E-state index contributed by atoms with van der Waals surface area (Å²) in [7, 11) is 0. The molecule has 1 heterocycles. The van der Waals surface area contributed by atoms with Gasteiger partial charge in [0.05, 0.1) is 10.6 Å². The molecule has 1 aromatic heterocycles. The van der Waals surface area contributed by atoms with E-state index >= 15 is 0 Å². The summed E-state index contributed by atoms with van der Waals surface area (Å²) < 4.78 is 2.09. The van der Waals surface area contributed by atoms with Crippen molar-refractivity contribution in [3.63, 3.8) is 0 Å². The van der Waals surface area contributed by atoms with Gasteiger partial charge in [-0.1, -0.05) is 42.5 Å². The molecule has 0 saturated carbocycles. The van der Waals surface area contributed by atoms with Gasteiger partial charge in [0.2, 0.25) is 0 Å². The van der Waals surface area contributed by atoms with Crippen LogP contribution in [0, 0.1) is 10.1 Å². The van der Waals surface area contributed by atoms with Crippen molar-refractivity contribution in [1.29, 1.82) is 0 Å². The Balaban J connectivity index is 2.12. The van der Waals surface area contributed by atoms with Crippen LogP contribution in [-0.2, 0) is 0 Å². The van der Waals surface area contributed by atoms with E-state index in [0.29, 0.717) is 0 Å². The molecule has 2 aromatic carbocycles.